The fourth-order valence-corrected chi connectivity index (χ4v) is 2.85. The van der Waals surface area contributed by atoms with Gasteiger partial charge in [0.15, 0.2) is 0 Å². The summed E-state index contributed by atoms with van der Waals surface area (Å²) in [6, 6.07) is 7.17. The van der Waals surface area contributed by atoms with Gasteiger partial charge in [-0.2, -0.15) is 0 Å². The van der Waals surface area contributed by atoms with Crippen molar-refractivity contribution in [3.05, 3.63) is 56.7 Å². The molecule has 0 unspecified atom stereocenters. The topological polar surface area (TPSA) is 85.3 Å². The number of nitro groups is 1. The SMILES string of the molecule is Nc1cccc2c1CCN(c1ncc([N+](=O)[O-])cc1Cl)C2. The predicted octanol–water partition coefficient (Wildman–Crippen LogP) is 2.79. The zero-order valence-corrected chi connectivity index (χ0v) is 11.9. The van der Waals surface area contributed by atoms with E-state index in [-0.39, 0.29) is 10.7 Å². The Balaban J connectivity index is 1.91. The Morgan fingerprint density at radius 2 is 2.24 bits per heavy atom. The van der Waals surface area contributed by atoms with Gasteiger partial charge in [0.1, 0.15) is 12.0 Å². The first kappa shape index (κ1) is 13.6. The van der Waals surface area contributed by atoms with E-state index in [2.05, 4.69) is 4.98 Å². The number of pyridine rings is 1. The Kier molecular flexibility index (Phi) is 3.39. The molecule has 7 heteroatoms. The summed E-state index contributed by atoms with van der Waals surface area (Å²) in [6.07, 6.45) is 2.03. The Morgan fingerprint density at radius 1 is 1.43 bits per heavy atom. The number of nitrogen functional groups attached to an aromatic ring is 1. The summed E-state index contributed by atoms with van der Waals surface area (Å²) in [7, 11) is 0. The number of hydrogen-bond acceptors (Lipinski definition) is 5. The van der Waals surface area contributed by atoms with Gasteiger partial charge in [-0.25, -0.2) is 4.98 Å². The van der Waals surface area contributed by atoms with E-state index >= 15 is 0 Å². The van der Waals surface area contributed by atoms with Gasteiger partial charge in [0.05, 0.1) is 9.95 Å². The molecule has 1 aliphatic rings. The van der Waals surface area contributed by atoms with Crippen LogP contribution in [0.4, 0.5) is 17.2 Å². The number of nitrogens with zero attached hydrogens (tertiary/aromatic N) is 3. The van der Waals surface area contributed by atoms with E-state index in [1.165, 1.54) is 12.3 Å². The number of aromatic nitrogens is 1. The Labute approximate surface area is 126 Å². The first-order valence-electron chi connectivity index (χ1n) is 6.47. The predicted molar refractivity (Wildman–Crippen MR) is 81.5 cm³/mol. The van der Waals surface area contributed by atoms with Crippen LogP contribution in [0.5, 0.6) is 0 Å². The molecule has 1 aliphatic heterocycles. The van der Waals surface area contributed by atoms with E-state index in [1.807, 2.05) is 23.1 Å². The van der Waals surface area contributed by atoms with Crippen LogP contribution in [-0.2, 0) is 13.0 Å². The van der Waals surface area contributed by atoms with Crippen molar-refractivity contribution < 1.29 is 4.92 Å². The lowest BCUT2D eigenvalue weighted by Crippen LogP contribution is -2.31. The van der Waals surface area contributed by atoms with E-state index in [1.54, 1.807) is 0 Å². The molecule has 2 N–H and O–H groups in total. The maximum absolute atomic E-state index is 10.7. The molecule has 6 nitrogen and oxygen atoms in total. The van der Waals surface area contributed by atoms with Crippen molar-refractivity contribution in [1.29, 1.82) is 0 Å². The lowest BCUT2D eigenvalue weighted by atomic mass is 9.98. The van der Waals surface area contributed by atoms with Crippen molar-refractivity contribution in [2.45, 2.75) is 13.0 Å². The Bertz CT molecular complexity index is 720. The number of anilines is 2. The fraction of sp³-hybridized carbons (Fsp3) is 0.214. The third-order valence-corrected chi connectivity index (χ3v) is 3.90. The molecular formula is C14H13ClN4O2. The Morgan fingerprint density at radius 3 is 2.95 bits per heavy atom. The Hall–Kier alpha value is -2.34. The molecule has 0 amide bonds. The second-order valence-electron chi connectivity index (χ2n) is 4.91. The molecule has 0 saturated carbocycles. The molecule has 2 heterocycles. The zero-order valence-electron chi connectivity index (χ0n) is 11.1. The van der Waals surface area contributed by atoms with Gasteiger partial charge >= 0.3 is 0 Å². The molecule has 0 spiro atoms. The molecule has 21 heavy (non-hydrogen) atoms. The second-order valence-corrected chi connectivity index (χ2v) is 5.32. The van der Waals surface area contributed by atoms with Gasteiger partial charge in [-0.3, -0.25) is 10.1 Å². The highest BCUT2D eigenvalue weighted by atomic mass is 35.5. The third-order valence-electron chi connectivity index (χ3n) is 3.62. The second kappa shape index (κ2) is 5.21. The number of rotatable bonds is 2. The molecule has 3 rings (SSSR count). The number of hydrogen-bond donors (Lipinski definition) is 1. The van der Waals surface area contributed by atoms with Gasteiger partial charge in [0, 0.05) is 24.8 Å². The molecule has 2 aromatic rings. The van der Waals surface area contributed by atoms with Crippen molar-refractivity contribution in [3.8, 4) is 0 Å². The number of halogens is 1. The summed E-state index contributed by atoms with van der Waals surface area (Å²) in [5, 5.41) is 11.0. The van der Waals surface area contributed by atoms with Crippen LogP contribution in [0.2, 0.25) is 5.02 Å². The molecule has 0 atom stereocenters. The van der Waals surface area contributed by atoms with Crippen molar-refractivity contribution in [2.75, 3.05) is 17.2 Å². The van der Waals surface area contributed by atoms with Crippen LogP contribution in [0.3, 0.4) is 0 Å². The van der Waals surface area contributed by atoms with Gasteiger partial charge in [0.2, 0.25) is 0 Å². The smallest absolute Gasteiger partial charge is 0.289 e. The number of nitrogens with two attached hydrogens (primary N) is 1. The standard InChI is InChI=1S/C14H13ClN4O2/c15-12-6-10(19(20)21)7-17-14(12)18-5-4-11-9(8-18)2-1-3-13(11)16/h1-3,6-7H,4-5,8,16H2. The van der Waals surface area contributed by atoms with Crippen LogP contribution in [0.25, 0.3) is 0 Å². The van der Waals surface area contributed by atoms with Gasteiger partial charge in [-0.15, -0.1) is 0 Å². The number of fused-ring (bicyclic) bond motifs is 1. The van der Waals surface area contributed by atoms with Gasteiger partial charge < -0.3 is 10.6 Å². The largest absolute Gasteiger partial charge is 0.398 e. The summed E-state index contributed by atoms with van der Waals surface area (Å²) in [5.74, 6) is 0.565. The number of benzene rings is 1. The van der Waals surface area contributed by atoms with Crippen molar-refractivity contribution in [3.63, 3.8) is 0 Å². The van der Waals surface area contributed by atoms with E-state index in [0.29, 0.717) is 12.4 Å². The molecule has 0 bridgehead atoms. The lowest BCUT2D eigenvalue weighted by molar-refractivity contribution is -0.385. The van der Waals surface area contributed by atoms with E-state index in [4.69, 9.17) is 17.3 Å². The molecule has 0 fully saturated rings. The fourth-order valence-electron chi connectivity index (χ4n) is 2.57. The molecule has 1 aromatic heterocycles. The van der Waals surface area contributed by atoms with Gasteiger partial charge in [-0.05, 0) is 23.6 Å². The minimum atomic E-state index is -0.505. The average molecular weight is 305 g/mol. The highest BCUT2D eigenvalue weighted by molar-refractivity contribution is 6.33. The van der Waals surface area contributed by atoms with Crippen molar-refractivity contribution in [1.82, 2.24) is 4.98 Å². The molecule has 0 saturated heterocycles. The summed E-state index contributed by atoms with van der Waals surface area (Å²) < 4.78 is 0. The minimum absolute atomic E-state index is 0.106. The quantitative estimate of drug-likeness (QED) is 0.524. The van der Waals surface area contributed by atoms with Crippen LogP contribution >= 0.6 is 11.6 Å². The van der Waals surface area contributed by atoms with E-state index in [9.17, 15) is 10.1 Å². The summed E-state index contributed by atoms with van der Waals surface area (Å²) in [4.78, 5) is 16.4. The zero-order chi connectivity index (χ0) is 15.0. The molecular weight excluding hydrogens is 292 g/mol. The van der Waals surface area contributed by atoms with E-state index < -0.39 is 4.92 Å². The average Bonchev–Trinajstić information content (AvgIpc) is 2.47. The highest BCUT2D eigenvalue weighted by Gasteiger charge is 2.22. The summed E-state index contributed by atoms with van der Waals surface area (Å²) in [6.45, 7) is 1.37. The minimum Gasteiger partial charge on any atom is -0.398 e. The molecule has 0 radical (unpaired) electrons. The normalized spacial score (nSPS) is 13.9. The first-order chi connectivity index (χ1) is 10.1. The molecule has 0 aliphatic carbocycles. The van der Waals surface area contributed by atoms with Crippen LogP contribution < -0.4 is 10.6 Å². The van der Waals surface area contributed by atoms with Crippen LogP contribution in [0, 0.1) is 10.1 Å². The van der Waals surface area contributed by atoms with E-state index in [0.717, 1.165) is 29.8 Å². The van der Waals surface area contributed by atoms with Crippen LogP contribution in [0.1, 0.15) is 11.1 Å². The van der Waals surface area contributed by atoms with Gasteiger partial charge in [0.25, 0.3) is 5.69 Å². The first-order valence-corrected chi connectivity index (χ1v) is 6.85. The lowest BCUT2D eigenvalue weighted by Gasteiger charge is -2.30. The van der Waals surface area contributed by atoms with Crippen LogP contribution in [-0.4, -0.2) is 16.5 Å². The monoisotopic (exact) mass is 304 g/mol. The highest BCUT2D eigenvalue weighted by Crippen LogP contribution is 2.32. The maximum Gasteiger partial charge on any atom is 0.289 e. The third kappa shape index (κ3) is 2.50. The van der Waals surface area contributed by atoms with Crippen molar-refractivity contribution in [2.24, 2.45) is 0 Å². The summed E-state index contributed by atoms with van der Waals surface area (Å²) >= 11 is 6.13. The molecule has 1 aromatic carbocycles. The maximum atomic E-state index is 10.7. The van der Waals surface area contributed by atoms with Crippen molar-refractivity contribution >= 4 is 28.8 Å². The molecule has 108 valence electrons. The summed E-state index contributed by atoms with van der Waals surface area (Å²) in [5.41, 5.74) is 8.96. The van der Waals surface area contributed by atoms with Gasteiger partial charge in [-0.1, -0.05) is 23.7 Å². The van der Waals surface area contributed by atoms with Crippen LogP contribution in [0.15, 0.2) is 30.5 Å².